The van der Waals surface area contributed by atoms with E-state index in [-0.39, 0.29) is 5.97 Å². The first-order chi connectivity index (χ1) is 9.22. The van der Waals surface area contributed by atoms with Crippen LogP contribution >= 0.6 is 0 Å². The van der Waals surface area contributed by atoms with Crippen molar-refractivity contribution in [1.82, 2.24) is 10.2 Å². The maximum atomic E-state index is 10.8. The number of nitrogens with zero attached hydrogens (tertiary/aromatic N) is 1. The largest absolute Gasteiger partial charge is 0.466 e. The predicted molar refractivity (Wildman–Crippen MR) is 76.6 cm³/mol. The van der Waals surface area contributed by atoms with Gasteiger partial charge in [0.1, 0.15) is 0 Å². The van der Waals surface area contributed by atoms with Gasteiger partial charge >= 0.3 is 5.97 Å². The number of esters is 1. The van der Waals surface area contributed by atoms with Crippen LogP contribution in [0.4, 0.5) is 0 Å². The van der Waals surface area contributed by atoms with Crippen molar-refractivity contribution in [1.29, 1.82) is 0 Å². The molecule has 0 radical (unpaired) electrons. The number of carbonyl (C=O) groups excluding carboxylic acids is 1. The van der Waals surface area contributed by atoms with Crippen molar-refractivity contribution in [2.75, 3.05) is 27.2 Å². The Morgan fingerprint density at radius 2 is 2.11 bits per heavy atom. The van der Waals surface area contributed by atoms with Gasteiger partial charge < -0.3 is 15.0 Å². The molecule has 1 aromatic carbocycles. The average molecular weight is 262 g/mol. The quantitative estimate of drug-likeness (QED) is 0.440. The smallest absolute Gasteiger partial charge is 0.331 e. The second-order valence-electron chi connectivity index (χ2n) is 4.39. The third-order valence-corrected chi connectivity index (χ3v) is 2.69. The number of nitrogens with one attached hydrogen (secondary N) is 1. The Hall–Kier alpha value is -1.81. The molecule has 104 valence electrons. The van der Waals surface area contributed by atoms with E-state index in [0.29, 0.717) is 0 Å². The van der Waals surface area contributed by atoms with Gasteiger partial charge in [0.15, 0.2) is 0 Å². The van der Waals surface area contributed by atoms with Crippen molar-refractivity contribution >= 4 is 5.97 Å². The first-order valence-electron chi connectivity index (χ1n) is 6.42. The summed E-state index contributed by atoms with van der Waals surface area (Å²) in [6.07, 6.45) is 4.03. The van der Waals surface area contributed by atoms with Crippen molar-refractivity contribution < 1.29 is 9.53 Å². The summed E-state index contributed by atoms with van der Waals surface area (Å²) in [5.74, 6) is -0.339. The Morgan fingerprint density at radius 1 is 1.37 bits per heavy atom. The lowest BCUT2D eigenvalue weighted by atomic mass is 10.2. The molecule has 0 bridgehead atoms. The Labute approximate surface area is 115 Å². The van der Waals surface area contributed by atoms with Crippen LogP contribution < -0.4 is 5.32 Å². The number of carbonyl (C=O) groups is 1. The summed E-state index contributed by atoms with van der Waals surface area (Å²) in [5, 5.41) is 3.06. The minimum atomic E-state index is -0.339. The van der Waals surface area contributed by atoms with E-state index in [1.54, 1.807) is 6.20 Å². The zero-order valence-corrected chi connectivity index (χ0v) is 11.6. The average Bonchev–Trinajstić information content (AvgIpc) is 2.43. The minimum Gasteiger partial charge on any atom is -0.466 e. The lowest BCUT2D eigenvalue weighted by Crippen LogP contribution is -2.22. The van der Waals surface area contributed by atoms with E-state index in [2.05, 4.69) is 46.3 Å². The summed E-state index contributed by atoms with van der Waals surface area (Å²) in [7, 11) is 3.47. The highest BCUT2D eigenvalue weighted by Gasteiger charge is 1.98. The topological polar surface area (TPSA) is 41.6 Å². The zero-order chi connectivity index (χ0) is 13.9. The lowest BCUT2D eigenvalue weighted by Gasteiger charge is -2.16. The van der Waals surface area contributed by atoms with Crippen LogP contribution in [-0.2, 0) is 16.1 Å². The first kappa shape index (κ1) is 15.2. The molecule has 0 fully saturated rings. The van der Waals surface area contributed by atoms with Gasteiger partial charge in [0.05, 0.1) is 7.11 Å². The van der Waals surface area contributed by atoms with Gasteiger partial charge in [0.2, 0.25) is 0 Å². The fraction of sp³-hybridized carbons (Fsp3) is 0.400. The van der Waals surface area contributed by atoms with E-state index in [0.717, 1.165) is 26.1 Å². The number of benzene rings is 1. The SMILES string of the molecule is COC(=O)/C=C/NCCCN(C)Cc1ccccc1. The zero-order valence-electron chi connectivity index (χ0n) is 11.6. The molecule has 4 heteroatoms. The standard InChI is InChI=1S/C15H22N2O2/c1-17(13-14-7-4-3-5-8-14)12-6-10-16-11-9-15(18)19-2/h3-5,7-9,11,16H,6,10,12-13H2,1-2H3/b11-9+. The monoisotopic (exact) mass is 262 g/mol. The van der Waals surface area contributed by atoms with Crippen LogP contribution in [0.5, 0.6) is 0 Å². The number of hydrogen-bond acceptors (Lipinski definition) is 4. The van der Waals surface area contributed by atoms with Crippen LogP contribution in [0.1, 0.15) is 12.0 Å². The number of hydrogen-bond donors (Lipinski definition) is 1. The van der Waals surface area contributed by atoms with Gasteiger partial charge in [-0.15, -0.1) is 0 Å². The molecule has 0 aliphatic carbocycles. The molecule has 0 spiro atoms. The molecule has 19 heavy (non-hydrogen) atoms. The van der Waals surface area contributed by atoms with Gasteiger partial charge in [-0.25, -0.2) is 4.79 Å². The van der Waals surface area contributed by atoms with E-state index in [1.807, 2.05) is 6.07 Å². The van der Waals surface area contributed by atoms with E-state index in [1.165, 1.54) is 18.7 Å². The second kappa shape index (κ2) is 9.16. The maximum Gasteiger partial charge on any atom is 0.331 e. The number of rotatable bonds is 8. The molecular formula is C15H22N2O2. The highest BCUT2D eigenvalue weighted by molar-refractivity contribution is 5.81. The van der Waals surface area contributed by atoms with Gasteiger partial charge in [-0.2, -0.15) is 0 Å². The van der Waals surface area contributed by atoms with Crippen molar-refractivity contribution in [2.24, 2.45) is 0 Å². The molecular weight excluding hydrogens is 240 g/mol. The van der Waals surface area contributed by atoms with E-state index < -0.39 is 0 Å². The first-order valence-corrected chi connectivity index (χ1v) is 6.42. The molecule has 0 heterocycles. The lowest BCUT2D eigenvalue weighted by molar-refractivity contribution is -0.134. The van der Waals surface area contributed by atoms with Crippen molar-refractivity contribution in [3.63, 3.8) is 0 Å². The van der Waals surface area contributed by atoms with Crippen LogP contribution in [0.2, 0.25) is 0 Å². The Bertz CT molecular complexity index is 390. The summed E-state index contributed by atoms with van der Waals surface area (Å²) in [6.45, 7) is 2.80. The van der Waals surface area contributed by atoms with Crippen LogP contribution in [-0.4, -0.2) is 38.1 Å². The predicted octanol–water partition coefficient (Wildman–Crippen LogP) is 1.78. The third kappa shape index (κ3) is 7.26. The van der Waals surface area contributed by atoms with Gasteiger partial charge in [-0.3, -0.25) is 0 Å². The molecule has 1 rings (SSSR count). The van der Waals surface area contributed by atoms with Crippen molar-refractivity contribution in [2.45, 2.75) is 13.0 Å². The summed E-state index contributed by atoms with van der Waals surface area (Å²) < 4.78 is 4.49. The van der Waals surface area contributed by atoms with E-state index >= 15 is 0 Å². The highest BCUT2D eigenvalue weighted by atomic mass is 16.5. The number of ether oxygens (including phenoxy) is 1. The minimum absolute atomic E-state index is 0.339. The van der Waals surface area contributed by atoms with Crippen LogP contribution in [0.3, 0.4) is 0 Å². The molecule has 0 unspecified atom stereocenters. The molecule has 1 aromatic rings. The molecule has 0 aliphatic heterocycles. The normalized spacial score (nSPS) is 10.9. The van der Waals surface area contributed by atoms with Crippen molar-refractivity contribution in [3.8, 4) is 0 Å². The molecule has 0 saturated heterocycles. The van der Waals surface area contributed by atoms with Crippen LogP contribution in [0.15, 0.2) is 42.6 Å². The Balaban J connectivity index is 2.09. The summed E-state index contributed by atoms with van der Waals surface area (Å²) >= 11 is 0. The summed E-state index contributed by atoms with van der Waals surface area (Å²) in [5.41, 5.74) is 1.32. The van der Waals surface area contributed by atoms with Gasteiger partial charge in [-0.1, -0.05) is 30.3 Å². The van der Waals surface area contributed by atoms with Crippen LogP contribution in [0, 0.1) is 0 Å². The molecule has 1 N–H and O–H groups in total. The van der Waals surface area contributed by atoms with Crippen molar-refractivity contribution in [3.05, 3.63) is 48.2 Å². The summed E-state index contributed by atoms with van der Waals surface area (Å²) in [6, 6.07) is 10.4. The summed E-state index contributed by atoms with van der Waals surface area (Å²) in [4.78, 5) is 13.1. The molecule has 0 aliphatic rings. The van der Waals surface area contributed by atoms with Crippen LogP contribution in [0.25, 0.3) is 0 Å². The molecule has 0 saturated carbocycles. The molecule has 4 nitrogen and oxygen atoms in total. The Morgan fingerprint density at radius 3 is 2.79 bits per heavy atom. The van der Waals surface area contributed by atoms with Gasteiger partial charge in [0.25, 0.3) is 0 Å². The van der Waals surface area contributed by atoms with Gasteiger partial charge in [0, 0.05) is 25.4 Å². The highest BCUT2D eigenvalue weighted by Crippen LogP contribution is 2.02. The van der Waals surface area contributed by atoms with E-state index in [9.17, 15) is 4.79 Å². The third-order valence-electron chi connectivity index (χ3n) is 2.69. The fourth-order valence-corrected chi connectivity index (χ4v) is 1.70. The second-order valence-corrected chi connectivity index (χ2v) is 4.39. The Kier molecular flexibility index (Phi) is 7.35. The molecule has 0 amide bonds. The molecule has 0 aromatic heterocycles. The number of methoxy groups -OCH3 is 1. The van der Waals surface area contributed by atoms with Gasteiger partial charge in [-0.05, 0) is 25.6 Å². The maximum absolute atomic E-state index is 10.8. The van der Waals surface area contributed by atoms with E-state index in [4.69, 9.17) is 0 Å². The fourth-order valence-electron chi connectivity index (χ4n) is 1.70. The molecule has 0 atom stereocenters.